The average Bonchev–Trinajstić information content (AvgIpc) is 2.62. The highest BCUT2D eigenvalue weighted by Gasteiger charge is 2.14. The van der Waals surface area contributed by atoms with Crippen molar-refractivity contribution in [3.05, 3.63) is 63.8 Å². The van der Waals surface area contributed by atoms with Crippen molar-refractivity contribution in [2.24, 2.45) is 0 Å². The summed E-state index contributed by atoms with van der Waals surface area (Å²) < 4.78 is 34.8. The molecule has 0 fully saturated rings. The van der Waals surface area contributed by atoms with E-state index in [4.69, 9.17) is 34.7 Å². The average molecular weight is 439 g/mol. The Hall–Kier alpha value is -2.68. The van der Waals surface area contributed by atoms with Crippen LogP contribution in [-0.2, 0) is 10.2 Å². The highest BCUT2D eigenvalue weighted by atomic mass is 35.5. The first-order chi connectivity index (χ1) is 13.1. The number of halogens is 3. The summed E-state index contributed by atoms with van der Waals surface area (Å²) in [6.07, 6.45) is 3.28. The second-order valence-electron chi connectivity index (χ2n) is 5.70. The van der Waals surface area contributed by atoms with E-state index in [-0.39, 0.29) is 11.8 Å². The summed E-state index contributed by atoms with van der Waals surface area (Å²) in [4.78, 5) is 7.76. The van der Waals surface area contributed by atoms with E-state index in [0.717, 1.165) is 12.1 Å². The first-order valence-corrected chi connectivity index (χ1v) is 9.90. The molecule has 2 aromatic carbocycles. The number of rotatable bonds is 4. The minimum absolute atomic E-state index is 0.0140. The smallest absolute Gasteiger partial charge is 0.332 e. The number of nitrogens with two attached hydrogens (primary N) is 2. The standard InChI is InChI=1S/C18H13Cl2FN4O2S/c19-13-7-4-11(9-14(13)20)16-15(24-18(23)25-17(16)22)8-3-10-1-5-12(6-2-10)28(21,26)27/h1-9H,(H4,22,23,24,25)/b8-3+. The summed E-state index contributed by atoms with van der Waals surface area (Å²) in [7, 11) is -4.75. The van der Waals surface area contributed by atoms with Gasteiger partial charge in [-0.05, 0) is 41.5 Å². The molecule has 4 N–H and O–H groups in total. The van der Waals surface area contributed by atoms with Crippen LogP contribution in [0.5, 0.6) is 0 Å². The van der Waals surface area contributed by atoms with Gasteiger partial charge in [0.1, 0.15) is 5.82 Å². The normalized spacial score (nSPS) is 11.8. The predicted molar refractivity (Wildman–Crippen MR) is 110 cm³/mol. The van der Waals surface area contributed by atoms with Crippen LogP contribution in [0, 0.1) is 0 Å². The zero-order chi connectivity index (χ0) is 20.5. The topological polar surface area (TPSA) is 112 Å². The minimum atomic E-state index is -4.75. The lowest BCUT2D eigenvalue weighted by Gasteiger charge is -2.10. The molecule has 0 atom stereocenters. The molecule has 0 aliphatic carbocycles. The molecule has 144 valence electrons. The number of nitrogen functional groups attached to an aromatic ring is 2. The van der Waals surface area contributed by atoms with Gasteiger partial charge >= 0.3 is 10.2 Å². The van der Waals surface area contributed by atoms with Crippen LogP contribution in [0.4, 0.5) is 15.7 Å². The van der Waals surface area contributed by atoms with Crippen molar-refractivity contribution in [2.45, 2.75) is 4.90 Å². The highest BCUT2D eigenvalue weighted by molar-refractivity contribution is 7.86. The van der Waals surface area contributed by atoms with Gasteiger partial charge in [-0.15, -0.1) is 3.89 Å². The molecule has 0 aliphatic heterocycles. The zero-order valence-corrected chi connectivity index (χ0v) is 16.4. The predicted octanol–water partition coefficient (Wildman–Crippen LogP) is 4.44. The van der Waals surface area contributed by atoms with E-state index in [0.29, 0.717) is 32.4 Å². The van der Waals surface area contributed by atoms with Crippen molar-refractivity contribution < 1.29 is 12.3 Å². The largest absolute Gasteiger partial charge is 0.383 e. The van der Waals surface area contributed by atoms with Crippen LogP contribution >= 0.6 is 23.2 Å². The molecule has 0 unspecified atom stereocenters. The van der Waals surface area contributed by atoms with Gasteiger partial charge in [-0.25, -0.2) is 4.98 Å². The van der Waals surface area contributed by atoms with E-state index in [2.05, 4.69) is 9.97 Å². The van der Waals surface area contributed by atoms with Gasteiger partial charge in [-0.3, -0.25) is 0 Å². The lowest BCUT2D eigenvalue weighted by atomic mass is 10.0. The SMILES string of the molecule is Nc1nc(N)c(-c2ccc(Cl)c(Cl)c2)c(/C=C/c2ccc(S(=O)(=O)F)cc2)n1. The third-order valence-electron chi connectivity index (χ3n) is 3.79. The molecule has 0 aliphatic rings. The molecule has 6 nitrogen and oxygen atoms in total. The Morgan fingerprint density at radius 1 is 0.929 bits per heavy atom. The number of aromatic nitrogens is 2. The highest BCUT2D eigenvalue weighted by Crippen LogP contribution is 2.33. The quantitative estimate of drug-likeness (QED) is 0.582. The third-order valence-corrected chi connectivity index (χ3v) is 5.36. The molecule has 0 bridgehead atoms. The van der Waals surface area contributed by atoms with Gasteiger partial charge in [0.25, 0.3) is 0 Å². The molecule has 1 aromatic heterocycles. The van der Waals surface area contributed by atoms with Crippen molar-refractivity contribution in [2.75, 3.05) is 11.5 Å². The van der Waals surface area contributed by atoms with Gasteiger partial charge in [0.05, 0.1) is 20.6 Å². The Labute approximate surface area is 170 Å². The van der Waals surface area contributed by atoms with E-state index in [9.17, 15) is 12.3 Å². The fourth-order valence-electron chi connectivity index (χ4n) is 2.50. The van der Waals surface area contributed by atoms with Gasteiger partial charge in [-0.2, -0.15) is 13.4 Å². The summed E-state index contributed by atoms with van der Waals surface area (Å²) in [5, 5.41) is 0.730. The number of hydrogen-bond acceptors (Lipinski definition) is 6. The van der Waals surface area contributed by atoms with E-state index in [1.54, 1.807) is 30.4 Å². The number of nitrogens with zero attached hydrogens (tertiary/aromatic N) is 2. The van der Waals surface area contributed by atoms with Gasteiger partial charge in [0.2, 0.25) is 5.95 Å². The second kappa shape index (κ2) is 7.75. The Morgan fingerprint density at radius 2 is 1.61 bits per heavy atom. The Bertz CT molecular complexity index is 1180. The molecule has 3 rings (SSSR count). The molecular formula is C18H13Cl2FN4O2S. The maximum Gasteiger partial charge on any atom is 0.332 e. The van der Waals surface area contributed by atoms with E-state index >= 15 is 0 Å². The van der Waals surface area contributed by atoms with Crippen molar-refractivity contribution in [3.63, 3.8) is 0 Å². The Morgan fingerprint density at radius 3 is 2.21 bits per heavy atom. The molecule has 0 saturated carbocycles. The van der Waals surface area contributed by atoms with Gasteiger partial charge in [0.15, 0.2) is 0 Å². The van der Waals surface area contributed by atoms with Crippen molar-refractivity contribution in [3.8, 4) is 11.1 Å². The van der Waals surface area contributed by atoms with Gasteiger partial charge in [-0.1, -0.05) is 47.5 Å². The molecule has 0 radical (unpaired) electrons. The fourth-order valence-corrected chi connectivity index (χ4v) is 3.26. The van der Waals surface area contributed by atoms with Crippen molar-refractivity contribution in [1.82, 2.24) is 9.97 Å². The van der Waals surface area contributed by atoms with Crippen LogP contribution in [0.25, 0.3) is 23.3 Å². The number of benzene rings is 2. The number of hydrogen-bond donors (Lipinski definition) is 2. The number of anilines is 2. The summed E-state index contributed by atoms with van der Waals surface area (Å²) >= 11 is 12.0. The van der Waals surface area contributed by atoms with Crippen LogP contribution in [0.1, 0.15) is 11.3 Å². The Kier molecular flexibility index (Phi) is 5.55. The van der Waals surface area contributed by atoms with Crippen molar-refractivity contribution in [1.29, 1.82) is 0 Å². The molecule has 28 heavy (non-hydrogen) atoms. The van der Waals surface area contributed by atoms with E-state index < -0.39 is 15.1 Å². The van der Waals surface area contributed by atoms with Gasteiger partial charge in [0, 0.05) is 5.56 Å². The van der Waals surface area contributed by atoms with Crippen LogP contribution < -0.4 is 11.5 Å². The summed E-state index contributed by atoms with van der Waals surface area (Å²) in [6.45, 7) is 0. The first-order valence-electron chi connectivity index (χ1n) is 7.76. The van der Waals surface area contributed by atoms with E-state index in [1.807, 2.05) is 0 Å². The van der Waals surface area contributed by atoms with Crippen LogP contribution in [0.15, 0.2) is 47.4 Å². The van der Waals surface area contributed by atoms with Crippen molar-refractivity contribution >= 4 is 57.3 Å². The third kappa shape index (κ3) is 4.41. The Balaban J connectivity index is 2.04. The summed E-state index contributed by atoms with van der Waals surface area (Å²) in [6, 6.07) is 10.2. The van der Waals surface area contributed by atoms with Crippen LogP contribution in [0.2, 0.25) is 10.0 Å². The maximum absolute atomic E-state index is 13.0. The first kappa shape index (κ1) is 20.1. The van der Waals surface area contributed by atoms with Crippen LogP contribution in [0.3, 0.4) is 0 Å². The zero-order valence-electron chi connectivity index (χ0n) is 14.1. The molecule has 3 aromatic rings. The molecular weight excluding hydrogens is 426 g/mol. The molecule has 0 saturated heterocycles. The lowest BCUT2D eigenvalue weighted by molar-refractivity contribution is 0.552. The second-order valence-corrected chi connectivity index (χ2v) is 7.86. The van der Waals surface area contributed by atoms with Crippen LogP contribution in [-0.4, -0.2) is 18.4 Å². The lowest BCUT2D eigenvalue weighted by Crippen LogP contribution is -2.04. The summed E-state index contributed by atoms with van der Waals surface area (Å²) in [5.41, 5.74) is 13.9. The van der Waals surface area contributed by atoms with Gasteiger partial charge < -0.3 is 11.5 Å². The molecule has 0 spiro atoms. The molecule has 0 amide bonds. The maximum atomic E-state index is 13.0. The monoisotopic (exact) mass is 438 g/mol. The molecule has 1 heterocycles. The summed E-state index contributed by atoms with van der Waals surface area (Å²) in [5.74, 6) is 0.143. The fraction of sp³-hybridized carbons (Fsp3) is 0. The minimum Gasteiger partial charge on any atom is -0.383 e. The molecule has 10 heteroatoms. The van der Waals surface area contributed by atoms with E-state index in [1.165, 1.54) is 12.1 Å².